The molecule has 1 fully saturated rings. The van der Waals surface area contributed by atoms with Crippen molar-refractivity contribution < 1.29 is 9.90 Å². The van der Waals surface area contributed by atoms with E-state index >= 15 is 0 Å². The van der Waals surface area contributed by atoms with Gasteiger partial charge in [0.05, 0.1) is 0 Å². The van der Waals surface area contributed by atoms with Crippen LogP contribution in [0.2, 0.25) is 0 Å². The molecule has 1 amide bonds. The SMILES string of the molecule is C[C@@H]1C[C@H](CCc2ccccc2)CN1C(=O)O. The molecule has 0 spiro atoms. The van der Waals surface area contributed by atoms with Crippen LogP contribution in [0.1, 0.15) is 25.3 Å². The largest absolute Gasteiger partial charge is 0.465 e. The smallest absolute Gasteiger partial charge is 0.407 e. The summed E-state index contributed by atoms with van der Waals surface area (Å²) >= 11 is 0. The zero-order valence-corrected chi connectivity index (χ0v) is 10.2. The molecule has 0 bridgehead atoms. The summed E-state index contributed by atoms with van der Waals surface area (Å²) in [6.45, 7) is 2.69. The van der Waals surface area contributed by atoms with E-state index in [2.05, 4.69) is 24.3 Å². The highest BCUT2D eigenvalue weighted by Gasteiger charge is 2.31. The minimum Gasteiger partial charge on any atom is -0.465 e. The number of carbonyl (C=O) groups is 1. The number of carboxylic acid groups (broad SMARTS) is 1. The summed E-state index contributed by atoms with van der Waals surface area (Å²) in [5.74, 6) is 0.515. The molecule has 0 radical (unpaired) electrons. The minimum absolute atomic E-state index is 0.174. The Bertz CT molecular complexity index is 377. The van der Waals surface area contributed by atoms with Crippen LogP contribution in [0.15, 0.2) is 30.3 Å². The first kappa shape index (κ1) is 12.0. The molecule has 1 saturated heterocycles. The molecule has 1 heterocycles. The molecule has 0 unspecified atom stereocenters. The summed E-state index contributed by atoms with van der Waals surface area (Å²) in [6.07, 6.45) is 2.35. The second-order valence-corrected chi connectivity index (χ2v) is 4.91. The lowest BCUT2D eigenvalue weighted by atomic mass is 9.97. The summed E-state index contributed by atoms with van der Waals surface area (Å²) in [7, 11) is 0. The molecule has 0 saturated carbocycles. The molecular formula is C14H19NO2. The maximum atomic E-state index is 11.0. The van der Waals surface area contributed by atoms with E-state index in [1.807, 2.05) is 13.0 Å². The van der Waals surface area contributed by atoms with Crippen molar-refractivity contribution in [3.05, 3.63) is 35.9 Å². The Balaban J connectivity index is 1.84. The van der Waals surface area contributed by atoms with Crippen LogP contribution in [0.5, 0.6) is 0 Å². The number of likely N-dealkylation sites (tertiary alicyclic amines) is 1. The lowest BCUT2D eigenvalue weighted by Crippen LogP contribution is -2.32. The third-order valence-electron chi connectivity index (χ3n) is 3.59. The van der Waals surface area contributed by atoms with Crippen molar-refractivity contribution in [3.8, 4) is 0 Å². The van der Waals surface area contributed by atoms with E-state index in [9.17, 15) is 4.79 Å². The number of amides is 1. The van der Waals surface area contributed by atoms with Crippen LogP contribution in [-0.2, 0) is 6.42 Å². The van der Waals surface area contributed by atoms with Crippen molar-refractivity contribution in [3.63, 3.8) is 0 Å². The van der Waals surface area contributed by atoms with Crippen LogP contribution in [0.3, 0.4) is 0 Å². The Morgan fingerprint density at radius 2 is 2.12 bits per heavy atom. The highest BCUT2D eigenvalue weighted by molar-refractivity contribution is 5.65. The Labute approximate surface area is 102 Å². The average molecular weight is 233 g/mol. The maximum absolute atomic E-state index is 11.0. The van der Waals surface area contributed by atoms with Gasteiger partial charge in [-0.05, 0) is 37.7 Å². The van der Waals surface area contributed by atoms with Gasteiger partial charge < -0.3 is 10.0 Å². The van der Waals surface area contributed by atoms with E-state index < -0.39 is 6.09 Å². The van der Waals surface area contributed by atoms with Gasteiger partial charge in [-0.3, -0.25) is 0 Å². The normalized spacial score (nSPS) is 23.9. The van der Waals surface area contributed by atoms with E-state index in [-0.39, 0.29) is 6.04 Å². The van der Waals surface area contributed by atoms with E-state index in [1.165, 1.54) is 5.56 Å². The molecular weight excluding hydrogens is 214 g/mol. The number of nitrogens with zero attached hydrogens (tertiary/aromatic N) is 1. The number of aryl methyl sites for hydroxylation is 1. The highest BCUT2D eigenvalue weighted by atomic mass is 16.4. The predicted molar refractivity (Wildman–Crippen MR) is 67.1 cm³/mol. The van der Waals surface area contributed by atoms with Crippen molar-refractivity contribution in [2.24, 2.45) is 5.92 Å². The fourth-order valence-electron chi connectivity index (χ4n) is 2.63. The zero-order chi connectivity index (χ0) is 12.3. The lowest BCUT2D eigenvalue weighted by Gasteiger charge is -2.16. The number of rotatable bonds is 3. The topological polar surface area (TPSA) is 40.5 Å². The minimum atomic E-state index is -0.778. The maximum Gasteiger partial charge on any atom is 0.407 e. The zero-order valence-electron chi connectivity index (χ0n) is 10.2. The summed E-state index contributed by atoms with van der Waals surface area (Å²) in [6, 6.07) is 10.6. The molecule has 2 rings (SSSR count). The van der Waals surface area contributed by atoms with E-state index in [4.69, 9.17) is 5.11 Å². The third kappa shape index (κ3) is 2.99. The van der Waals surface area contributed by atoms with Gasteiger partial charge in [0.25, 0.3) is 0 Å². The molecule has 92 valence electrons. The molecule has 0 aromatic heterocycles. The second kappa shape index (κ2) is 5.21. The fourth-order valence-corrected chi connectivity index (χ4v) is 2.63. The highest BCUT2D eigenvalue weighted by Crippen LogP contribution is 2.26. The molecule has 17 heavy (non-hydrogen) atoms. The van der Waals surface area contributed by atoms with Crippen LogP contribution in [0, 0.1) is 5.92 Å². The van der Waals surface area contributed by atoms with Gasteiger partial charge in [-0.2, -0.15) is 0 Å². The van der Waals surface area contributed by atoms with Crippen molar-refractivity contribution in [2.75, 3.05) is 6.54 Å². The third-order valence-corrected chi connectivity index (χ3v) is 3.59. The summed E-state index contributed by atoms with van der Waals surface area (Å²) < 4.78 is 0. The summed E-state index contributed by atoms with van der Waals surface area (Å²) in [5.41, 5.74) is 1.34. The van der Waals surface area contributed by atoms with Gasteiger partial charge in [0, 0.05) is 12.6 Å². The fraction of sp³-hybridized carbons (Fsp3) is 0.500. The van der Waals surface area contributed by atoms with Crippen molar-refractivity contribution >= 4 is 6.09 Å². The van der Waals surface area contributed by atoms with E-state index in [0.29, 0.717) is 12.5 Å². The predicted octanol–water partition coefficient (Wildman–Crippen LogP) is 3.01. The van der Waals surface area contributed by atoms with Crippen LogP contribution in [-0.4, -0.2) is 28.7 Å². The Morgan fingerprint density at radius 1 is 1.41 bits per heavy atom. The molecule has 1 aromatic carbocycles. The Kier molecular flexibility index (Phi) is 3.67. The Morgan fingerprint density at radius 3 is 2.71 bits per heavy atom. The van der Waals surface area contributed by atoms with Crippen LogP contribution >= 0.6 is 0 Å². The molecule has 1 aliphatic heterocycles. The molecule has 2 atom stereocenters. The number of benzene rings is 1. The van der Waals surface area contributed by atoms with Crippen molar-refractivity contribution in [1.82, 2.24) is 4.90 Å². The molecule has 3 nitrogen and oxygen atoms in total. The molecule has 3 heteroatoms. The van der Waals surface area contributed by atoms with Crippen LogP contribution in [0.4, 0.5) is 4.79 Å². The summed E-state index contributed by atoms with van der Waals surface area (Å²) in [5, 5.41) is 9.01. The molecule has 1 N–H and O–H groups in total. The molecule has 0 aliphatic carbocycles. The standard InChI is InChI=1S/C14H19NO2/c1-11-9-13(10-15(11)14(16)17)8-7-12-5-3-2-4-6-12/h2-6,11,13H,7-10H2,1H3,(H,16,17)/t11-,13+/m1/s1. The Hall–Kier alpha value is -1.51. The van der Waals surface area contributed by atoms with Gasteiger partial charge in [0.15, 0.2) is 0 Å². The first-order valence-corrected chi connectivity index (χ1v) is 6.20. The van der Waals surface area contributed by atoms with Gasteiger partial charge in [-0.15, -0.1) is 0 Å². The lowest BCUT2D eigenvalue weighted by molar-refractivity contribution is 0.142. The van der Waals surface area contributed by atoms with Gasteiger partial charge in [-0.1, -0.05) is 30.3 Å². The van der Waals surface area contributed by atoms with Crippen LogP contribution < -0.4 is 0 Å². The average Bonchev–Trinajstić information content (AvgIpc) is 2.69. The van der Waals surface area contributed by atoms with Crippen molar-refractivity contribution in [1.29, 1.82) is 0 Å². The monoisotopic (exact) mass is 233 g/mol. The number of hydrogen-bond donors (Lipinski definition) is 1. The molecule has 1 aliphatic rings. The van der Waals surface area contributed by atoms with Gasteiger partial charge in [0.1, 0.15) is 0 Å². The first-order valence-electron chi connectivity index (χ1n) is 6.20. The van der Waals surface area contributed by atoms with Crippen molar-refractivity contribution in [2.45, 2.75) is 32.2 Å². The quantitative estimate of drug-likeness (QED) is 0.871. The van der Waals surface area contributed by atoms with E-state index in [0.717, 1.165) is 19.3 Å². The van der Waals surface area contributed by atoms with E-state index in [1.54, 1.807) is 4.90 Å². The molecule has 1 aromatic rings. The second-order valence-electron chi connectivity index (χ2n) is 4.91. The number of hydrogen-bond acceptors (Lipinski definition) is 1. The summed E-state index contributed by atoms with van der Waals surface area (Å²) in [4.78, 5) is 12.5. The first-order chi connectivity index (χ1) is 8.16. The van der Waals surface area contributed by atoms with Gasteiger partial charge in [-0.25, -0.2) is 4.79 Å². The van der Waals surface area contributed by atoms with Gasteiger partial charge >= 0.3 is 6.09 Å². The van der Waals surface area contributed by atoms with Gasteiger partial charge in [0.2, 0.25) is 0 Å². The van der Waals surface area contributed by atoms with Crippen LogP contribution in [0.25, 0.3) is 0 Å².